The minimum Gasteiger partial charge on any atom is -0.504 e. The second kappa shape index (κ2) is 5.23. The van der Waals surface area contributed by atoms with E-state index in [0.717, 1.165) is 6.08 Å². The molecule has 0 aliphatic rings. The molecule has 0 aromatic heterocycles. The predicted octanol–water partition coefficient (Wildman–Crippen LogP) is 1.82. The fourth-order valence-electron chi connectivity index (χ4n) is 1.44. The molecule has 1 rings (SSSR count). The van der Waals surface area contributed by atoms with E-state index in [1.54, 1.807) is 13.0 Å². The number of nitrogens with zero attached hydrogens (tertiary/aromatic N) is 1. The third kappa shape index (κ3) is 2.80. The first kappa shape index (κ1) is 13.6. The Morgan fingerprint density at radius 2 is 2.22 bits per heavy atom. The van der Waals surface area contributed by atoms with E-state index in [2.05, 4.69) is 0 Å². The van der Waals surface area contributed by atoms with Gasteiger partial charge in [0.2, 0.25) is 0 Å². The molecule has 0 spiro atoms. The van der Waals surface area contributed by atoms with Gasteiger partial charge in [-0.15, -0.1) is 0 Å². The molecule has 0 heterocycles. The van der Waals surface area contributed by atoms with Crippen LogP contribution in [0.2, 0.25) is 0 Å². The largest absolute Gasteiger partial charge is 0.504 e. The molecule has 0 saturated heterocycles. The molecular formula is C13H13NO4. The zero-order valence-corrected chi connectivity index (χ0v) is 10.0. The molecule has 1 atom stereocenters. The average molecular weight is 247 g/mol. The van der Waals surface area contributed by atoms with E-state index in [0.29, 0.717) is 5.56 Å². The number of phenolic OH excluding ortho intramolecular Hbond substituents is 1. The van der Waals surface area contributed by atoms with Crippen LogP contribution in [0.3, 0.4) is 0 Å². The lowest BCUT2D eigenvalue weighted by Gasteiger charge is -2.18. The van der Waals surface area contributed by atoms with E-state index >= 15 is 0 Å². The van der Waals surface area contributed by atoms with Crippen LogP contribution in [0.25, 0.3) is 0 Å². The number of rotatable bonds is 4. The first-order valence-electron chi connectivity index (χ1n) is 5.14. The number of nitriles is 1. The lowest BCUT2D eigenvalue weighted by molar-refractivity contribution is -0.131. The second-order valence-corrected chi connectivity index (χ2v) is 3.87. The molecule has 0 amide bonds. The van der Waals surface area contributed by atoms with Crippen LogP contribution >= 0.6 is 0 Å². The summed E-state index contributed by atoms with van der Waals surface area (Å²) in [7, 11) is 1.40. The van der Waals surface area contributed by atoms with E-state index in [4.69, 9.17) is 9.84 Å². The molecule has 1 unspecified atom stereocenters. The summed E-state index contributed by atoms with van der Waals surface area (Å²) in [6.07, 6.45) is 2.21. The molecule has 18 heavy (non-hydrogen) atoms. The maximum absolute atomic E-state index is 10.5. The standard InChI is InChI=1S/C13H13NO4/c1-13(8-14,6-5-12(16)17)9-3-4-10(15)11(7-9)18-2/h3-7,15H,1-2H3,(H,16,17). The summed E-state index contributed by atoms with van der Waals surface area (Å²) in [4.78, 5) is 10.5. The highest BCUT2D eigenvalue weighted by Crippen LogP contribution is 2.33. The average Bonchev–Trinajstić information content (AvgIpc) is 2.36. The number of hydrogen-bond donors (Lipinski definition) is 2. The molecule has 1 aromatic rings. The van der Waals surface area contributed by atoms with Crippen molar-refractivity contribution in [2.24, 2.45) is 0 Å². The zero-order chi connectivity index (χ0) is 13.8. The summed E-state index contributed by atoms with van der Waals surface area (Å²) in [5.74, 6) is -0.927. The molecular weight excluding hydrogens is 234 g/mol. The van der Waals surface area contributed by atoms with Gasteiger partial charge in [0.05, 0.1) is 18.6 Å². The van der Waals surface area contributed by atoms with Gasteiger partial charge in [-0.05, 0) is 24.6 Å². The van der Waals surface area contributed by atoms with Crippen molar-refractivity contribution in [3.8, 4) is 17.6 Å². The molecule has 1 aromatic carbocycles. The highest BCUT2D eigenvalue weighted by atomic mass is 16.5. The van der Waals surface area contributed by atoms with Gasteiger partial charge in [0.15, 0.2) is 11.5 Å². The molecule has 0 fully saturated rings. The zero-order valence-electron chi connectivity index (χ0n) is 10.0. The van der Waals surface area contributed by atoms with Crippen molar-refractivity contribution < 1.29 is 19.7 Å². The first-order chi connectivity index (χ1) is 8.42. The van der Waals surface area contributed by atoms with Crippen LogP contribution in [0.4, 0.5) is 0 Å². The number of methoxy groups -OCH3 is 1. The molecule has 94 valence electrons. The van der Waals surface area contributed by atoms with Gasteiger partial charge in [-0.25, -0.2) is 4.79 Å². The highest BCUT2D eigenvalue weighted by molar-refractivity contribution is 5.80. The maximum atomic E-state index is 10.5. The van der Waals surface area contributed by atoms with Gasteiger partial charge < -0.3 is 14.9 Å². The van der Waals surface area contributed by atoms with Gasteiger partial charge in [0, 0.05) is 6.08 Å². The van der Waals surface area contributed by atoms with Crippen LogP contribution in [0, 0.1) is 11.3 Å². The normalized spacial score (nSPS) is 13.8. The number of carbonyl (C=O) groups is 1. The van der Waals surface area contributed by atoms with Crippen molar-refractivity contribution in [2.75, 3.05) is 7.11 Å². The molecule has 0 bridgehead atoms. The number of benzene rings is 1. The van der Waals surface area contributed by atoms with E-state index in [-0.39, 0.29) is 11.5 Å². The Bertz CT molecular complexity index is 530. The Hall–Kier alpha value is -2.48. The summed E-state index contributed by atoms with van der Waals surface area (Å²) in [5.41, 5.74) is -0.559. The van der Waals surface area contributed by atoms with Crippen molar-refractivity contribution in [3.63, 3.8) is 0 Å². The number of phenols is 1. The van der Waals surface area contributed by atoms with Gasteiger partial charge in [0.25, 0.3) is 0 Å². The van der Waals surface area contributed by atoms with Gasteiger partial charge in [-0.2, -0.15) is 5.26 Å². The van der Waals surface area contributed by atoms with Crippen molar-refractivity contribution in [1.29, 1.82) is 5.26 Å². The van der Waals surface area contributed by atoms with E-state index in [9.17, 15) is 15.2 Å². The molecule has 2 N–H and O–H groups in total. The SMILES string of the molecule is COc1cc(C(C)(C#N)C=CC(=O)O)ccc1O. The van der Waals surface area contributed by atoms with Crippen molar-refractivity contribution in [3.05, 3.63) is 35.9 Å². The summed E-state index contributed by atoms with van der Waals surface area (Å²) >= 11 is 0. The molecule has 0 radical (unpaired) electrons. The van der Waals surface area contributed by atoms with Crippen LogP contribution in [0.5, 0.6) is 11.5 Å². The number of carboxylic acids is 1. The van der Waals surface area contributed by atoms with Gasteiger partial charge in [-0.1, -0.05) is 12.1 Å². The van der Waals surface area contributed by atoms with Crippen LogP contribution < -0.4 is 4.74 Å². The molecule has 5 nitrogen and oxygen atoms in total. The first-order valence-corrected chi connectivity index (χ1v) is 5.14. The Morgan fingerprint density at radius 3 is 2.72 bits per heavy atom. The number of hydrogen-bond acceptors (Lipinski definition) is 4. The summed E-state index contributed by atoms with van der Waals surface area (Å²) in [5, 5.41) is 27.3. The Kier molecular flexibility index (Phi) is 3.95. The number of carboxylic acid groups (broad SMARTS) is 1. The minimum atomic E-state index is -1.12. The number of aromatic hydroxyl groups is 1. The number of aliphatic carboxylic acids is 1. The Labute approximate surface area is 105 Å². The van der Waals surface area contributed by atoms with Crippen LogP contribution in [-0.2, 0) is 10.2 Å². The van der Waals surface area contributed by atoms with Crippen molar-refractivity contribution in [1.82, 2.24) is 0 Å². The molecule has 0 aliphatic heterocycles. The van der Waals surface area contributed by atoms with Crippen LogP contribution in [0.1, 0.15) is 12.5 Å². The fourth-order valence-corrected chi connectivity index (χ4v) is 1.44. The third-order valence-electron chi connectivity index (χ3n) is 2.57. The lowest BCUT2D eigenvalue weighted by Crippen LogP contribution is -2.16. The Morgan fingerprint density at radius 1 is 1.56 bits per heavy atom. The minimum absolute atomic E-state index is 0.0382. The lowest BCUT2D eigenvalue weighted by atomic mass is 9.83. The number of allylic oxidation sites excluding steroid dienone is 1. The van der Waals surface area contributed by atoms with E-state index in [1.165, 1.54) is 25.3 Å². The van der Waals surface area contributed by atoms with Crippen molar-refractivity contribution in [2.45, 2.75) is 12.3 Å². The third-order valence-corrected chi connectivity index (χ3v) is 2.57. The quantitative estimate of drug-likeness (QED) is 0.792. The van der Waals surface area contributed by atoms with E-state index < -0.39 is 11.4 Å². The Balaban J connectivity index is 3.25. The van der Waals surface area contributed by atoms with Gasteiger partial charge in [-0.3, -0.25) is 0 Å². The summed E-state index contributed by atoms with van der Waals surface area (Å²) < 4.78 is 4.95. The second-order valence-electron chi connectivity index (χ2n) is 3.87. The molecule has 5 heteroatoms. The highest BCUT2D eigenvalue weighted by Gasteiger charge is 2.24. The van der Waals surface area contributed by atoms with Crippen LogP contribution in [0.15, 0.2) is 30.4 Å². The summed E-state index contributed by atoms with van der Waals surface area (Å²) in [6, 6.07) is 6.49. The number of ether oxygens (including phenoxy) is 1. The van der Waals surface area contributed by atoms with Crippen molar-refractivity contribution >= 4 is 5.97 Å². The van der Waals surface area contributed by atoms with E-state index in [1.807, 2.05) is 6.07 Å². The van der Waals surface area contributed by atoms with Gasteiger partial charge in [0.1, 0.15) is 0 Å². The fraction of sp³-hybridized carbons (Fsp3) is 0.231. The van der Waals surface area contributed by atoms with Gasteiger partial charge >= 0.3 is 5.97 Å². The maximum Gasteiger partial charge on any atom is 0.328 e. The summed E-state index contributed by atoms with van der Waals surface area (Å²) in [6.45, 7) is 1.58. The van der Waals surface area contributed by atoms with Crippen LogP contribution in [-0.4, -0.2) is 23.3 Å². The molecule has 0 saturated carbocycles. The molecule has 0 aliphatic carbocycles. The smallest absolute Gasteiger partial charge is 0.328 e. The predicted molar refractivity (Wildman–Crippen MR) is 64.4 cm³/mol. The topological polar surface area (TPSA) is 90.5 Å². The monoisotopic (exact) mass is 247 g/mol.